The zero-order chi connectivity index (χ0) is 20.0. The van der Waals surface area contributed by atoms with Gasteiger partial charge in [-0.3, -0.25) is 9.59 Å². The van der Waals surface area contributed by atoms with Gasteiger partial charge in [0, 0.05) is 12.5 Å². The van der Waals surface area contributed by atoms with E-state index in [0.717, 1.165) is 31.4 Å². The van der Waals surface area contributed by atoms with Gasteiger partial charge in [-0.1, -0.05) is 18.6 Å². The number of hydrogen-bond donors (Lipinski definition) is 2. The molecule has 158 valence electrons. The van der Waals surface area contributed by atoms with Crippen molar-refractivity contribution in [3.05, 3.63) is 29.8 Å². The van der Waals surface area contributed by atoms with Gasteiger partial charge in [-0.25, -0.2) is 0 Å². The molecule has 3 atom stereocenters. The summed E-state index contributed by atoms with van der Waals surface area (Å²) >= 11 is 0. The molecule has 1 aromatic carbocycles. The van der Waals surface area contributed by atoms with E-state index in [1.54, 1.807) is 0 Å². The van der Waals surface area contributed by atoms with E-state index in [0.29, 0.717) is 5.56 Å². The number of methoxy groups -OCH3 is 1. The van der Waals surface area contributed by atoms with E-state index in [4.69, 9.17) is 5.73 Å². The summed E-state index contributed by atoms with van der Waals surface area (Å²) in [4.78, 5) is 24.0. The molecular weight excluding hydrogens is 401 g/mol. The lowest BCUT2D eigenvalue weighted by Gasteiger charge is -2.21. The molecule has 0 radical (unpaired) electrons. The first-order valence-electron chi connectivity index (χ1n) is 8.65. The highest BCUT2D eigenvalue weighted by molar-refractivity contribution is 5.85. The van der Waals surface area contributed by atoms with Gasteiger partial charge in [0.25, 0.3) is 0 Å². The van der Waals surface area contributed by atoms with Crippen LogP contribution in [0.15, 0.2) is 24.3 Å². The van der Waals surface area contributed by atoms with Crippen LogP contribution in [0.5, 0.6) is 5.75 Å². The minimum atomic E-state index is -4.79. The number of benzene rings is 1. The average molecular weight is 425 g/mol. The van der Waals surface area contributed by atoms with Crippen LogP contribution in [0.3, 0.4) is 0 Å². The van der Waals surface area contributed by atoms with Crippen LogP contribution >= 0.6 is 12.4 Å². The van der Waals surface area contributed by atoms with Crippen molar-refractivity contribution in [3.8, 4) is 5.75 Å². The molecular formula is C18H24ClF3N2O4. The van der Waals surface area contributed by atoms with Crippen LogP contribution in [0.25, 0.3) is 0 Å². The Balaban J connectivity index is 0.00000392. The van der Waals surface area contributed by atoms with E-state index in [9.17, 15) is 22.8 Å². The highest BCUT2D eigenvalue weighted by Gasteiger charge is 2.31. The number of amides is 1. The Kier molecular flexibility index (Phi) is 9.03. The normalized spacial score (nSPS) is 20.0. The lowest BCUT2D eigenvalue weighted by molar-refractivity contribution is -0.274. The second-order valence-corrected chi connectivity index (χ2v) is 6.58. The minimum Gasteiger partial charge on any atom is -0.469 e. The number of nitrogens with one attached hydrogen (secondary N) is 1. The molecule has 6 nitrogen and oxygen atoms in total. The summed E-state index contributed by atoms with van der Waals surface area (Å²) in [5.41, 5.74) is 6.45. The summed E-state index contributed by atoms with van der Waals surface area (Å²) in [7, 11) is 1.22. The predicted molar refractivity (Wildman–Crippen MR) is 97.8 cm³/mol. The Labute approximate surface area is 167 Å². The van der Waals surface area contributed by atoms with Gasteiger partial charge in [-0.15, -0.1) is 25.6 Å². The van der Waals surface area contributed by atoms with Crippen LogP contribution in [-0.4, -0.2) is 31.4 Å². The second kappa shape index (κ2) is 10.5. The lowest BCUT2D eigenvalue weighted by Crippen LogP contribution is -2.34. The molecule has 0 saturated heterocycles. The Morgan fingerprint density at radius 2 is 1.89 bits per heavy atom. The summed E-state index contributed by atoms with van der Waals surface area (Å²) in [6, 6.07) is 4.27. The van der Waals surface area contributed by atoms with Gasteiger partial charge >= 0.3 is 12.3 Å². The monoisotopic (exact) mass is 424 g/mol. The van der Waals surface area contributed by atoms with Crippen LogP contribution in [-0.2, 0) is 14.3 Å². The van der Waals surface area contributed by atoms with E-state index in [1.165, 1.54) is 19.2 Å². The van der Waals surface area contributed by atoms with Gasteiger partial charge in [0.05, 0.1) is 19.6 Å². The molecule has 0 spiro atoms. The number of alkyl halides is 3. The van der Waals surface area contributed by atoms with Gasteiger partial charge in [-0.2, -0.15) is 0 Å². The zero-order valence-electron chi connectivity index (χ0n) is 15.3. The van der Waals surface area contributed by atoms with Crippen molar-refractivity contribution < 1.29 is 32.2 Å². The highest BCUT2D eigenvalue weighted by Crippen LogP contribution is 2.28. The van der Waals surface area contributed by atoms with Crippen molar-refractivity contribution in [1.29, 1.82) is 0 Å². The molecule has 1 aromatic rings. The Morgan fingerprint density at radius 1 is 1.25 bits per heavy atom. The number of carbonyl (C=O) groups excluding carboxylic acids is 2. The Bertz CT molecular complexity index is 655. The van der Waals surface area contributed by atoms with Crippen LogP contribution in [0.4, 0.5) is 13.2 Å². The summed E-state index contributed by atoms with van der Waals surface area (Å²) in [6.45, 7) is 0. The standard InChI is InChI=1S/C18H23F3N2O4.ClH/c1-26-17(25)10-15(23-16(24)9-12-3-2-4-14(12)22)11-5-7-13(8-6-11)27-18(19,20)21;/h5-8,12,14-15H,2-4,9-10,22H2,1H3,(H,23,24);1H/t12-,14+,15?;/m0./s1. The third-order valence-corrected chi connectivity index (χ3v) is 4.62. The van der Waals surface area contributed by atoms with Gasteiger partial charge in [0.15, 0.2) is 0 Å². The van der Waals surface area contributed by atoms with Crippen LogP contribution in [0, 0.1) is 5.92 Å². The van der Waals surface area contributed by atoms with Gasteiger partial charge in [0.1, 0.15) is 5.75 Å². The second-order valence-electron chi connectivity index (χ2n) is 6.58. The first-order chi connectivity index (χ1) is 12.7. The third kappa shape index (κ3) is 7.55. The molecule has 3 N–H and O–H groups in total. The van der Waals surface area contributed by atoms with E-state index in [-0.39, 0.29) is 48.9 Å². The summed E-state index contributed by atoms with van der Waals surface area (Å²) < 4.78 is 45.3. The average Bonchev–Trinajstić information content (AvgIpc) is 2.98. The number of halogens is 4. The van der Waals surface area contributed by atoms with Gasteiger partial charge in [0.2, 0.25) is 5.91 Å². The quantitative estimate of drug-likeness (QED) is 0.656. The van der Waals surface area contributed by atoms with Gasteiger partial charge in [-0.05, 0) is 36.5 Å². The number of ether oxygens (including phenoxy) is 2. The largest absolute Gasteiger partial charge is 0.573 e. The summed E-state index contributed by atoms with van der Waals surface area (Å²) in [6.07, 6.45) is -1.96. The van der Waals surface area contributed by atoms with Crippen molar-refractivity contribution in [2.24, 2.45) is 11.7 Å². The summed E-state index contributed by atoms with van der Waals surface area (Å²) in [5, 5.41) is 2.76. The molecule has 1 unspecified atom stereocenters. The molecule has 28 heavy (non-hydrogen) atoms. The molecule has 0 heterocycles. The lowest BCUT2D eigenvalue weighted by atomic mass is 9.98. The molecule has 10 heteroatoms. The SMILES string of the molecule is COC(=O)CC(NC(=O)C[C@@H]1CCC[C@H]1N)c1ccc(OC(F)(F)F)cc1.Cl. The van der Waals surface area contributed by atoms with E-state index in [2.05, 4.69) is 14.8 Å². The minimum absolute atomic E-state index is 0. The molecule has 1 fully saturated rings. The molecule has 0 aliphatic heterocycles. The topological polar surface area (TPSA) is 90.7 Å². The fraction of sp³-hybridized carbons (Fsp3) is 0.556. The third-order valence-electron chi connectivity index (χ3n) is 4.62. The van der Waals surface area contributed by atoms with Crippen molar-refractivity contribution in [2.45, 2.75) is 50.6 Å². The number of rotatable bonds is 7. The molecule has 2 rings (SSSR count). The van der Waals surface area contributed by atoms with Crippen LogP contribution in [0.1, 0.15) is 43.7 Å². The fourth-order valence-electron chi connectivity index (χ4n) is 3.21. The maximum atomic E-state index is 12.4. The maximum absolute atomic E-state index is 12.4. The predicted octanol–water partition coefficient (Wildman–Crippen LogP) is 3.24. The van der Waals surface area contributed by atoms with E-state index >= 15 is 0 Å². The smallest absolute Gasteiger partial charge is 0.469 e. The zero-order valence-corrected chi connectivity index (χ0v) is 16.1. The first kappa shape index (κ1) is 24.0. The van der Waals surface area contributed by atoms with Gasteiger partial charge < -0.3 is 20.5 Å². The molecule has 1 saturated carbocycles. The van der Waals surface area contributed by atoms with Crippen molar-refractivity contribution in [2.75, 3.05) is 7.11 Å². The Morgan fingerprint density at radius 3 is 2.39 bits per heavy atom. The van der Waals surface area contributed by atoms with Crippen molar-refractivity contribution >= 4 is 24.3 Å². The molecule has 0 aromatic heterocycles. The van der Waals surface area contributed by atoms with Crippen molar-refractivity contribution in [3.63, 3.8) is 0 Å². The maximum Gasteiger partial charge on any atom is 0.573 e. The van der Waals surface area contributed by atoms with E-state index < -0.39 is 18.4 Å². The summed E-state index contributed by atoms with van der Waals surface area (Å²) in [5.74, 6) is -1.10. The van der Waals surface area contributed by atoms with Crippen LogP contribution in [0.2, 0.25) is 0 Å². The first-order valence-corrected chi connectivity index (χ1v) is 8.65. The highest BCUT2D eigenvalue weighted by atomic mass is 35.5. The number of hydrogen-bond acceptors (Lipinski definition) is 5. The number of nitrogens with two attached hydrogens (primary N) is 1. The Hall–Kier alpha value is -2.00. The van der Waals surface area contributed by atoms with E-state index in [1.807, 2.05) is 0 Å². The number of carbonyl (C=O) groups is 2. The molecule has 1 amide bonds. The van der Waals surface area contributed by atoms with Crippen LogP contribution < -0.4 is 15.8 Å². The fourth-order valence-corrected chi connectivity index (χ4v) is 3.21. The number of esters is 1. The molecule has 1 aliphatic carbocycles. The van der Waals surface area contributed by atoms with Crippen molar-refractivity contribution in [1.82, 2.24) is 5.32 Å². The molecule has 0 bridgehead atoms. The molecule has 1 aliphatic rings.